The van der Waals surface area contributed by atoms with Gasteiger partial charge in [-0.1, -0.05) is 23.3 Å². The highest BCUT2D eigenvalue weighted by Gasteiger charge is 2.08. The van der Waals surface area contributed by atoms with Crippen LogP contribution in [-0.2, 0) is 7.05 Å². The molecule has 5 heteroatoms. The summed E-state index contributed by atoms with van der Waals surface area (Å²) in [6, 6.07) is 7.76. The molecule has 2 heterocycles. The molecule has 3 aromatic rings. The van der Waals surface area contributed by atoms with Gasteiger partial charge in [-0.15, -0.1) is 5.10 Å². The third-order valence-corrected chi connectivity index (χ3v) is 2.52. The van der Waals surface area contributed by atoms with E-state index in [1.54, 1.807) is 7.05 Å². The van der Waals surface area contributed by atoms with Crippen LogP contribution in [0.1, 0.15) is 0 Å². The number of nitrogens with zero attached hydrogens (tertiary/aromatic N) is 3. The number of fused-ring (bicyclic) bond motifs is 3. The molecule has 0 saturated heterocycles. The highest BCUT2D eigenvalue weighted by Crippen LogP contribution is 2.20. The zero-order valence-electron chi connectivity index (χ0n) is 8.06. The van der Waals surface area contributed by atoms with Gasteiger partial charge in [0.15, 0.2) is 0 Å². The molecule has 0 fully saturated rings. The second kappa shape index (κ2) is 2.66. The van der Waals surface area contributed by atoms with Crippen LogP contribution in [0, 0.1) is 0 Å². The maximum Gasteiger partial charge on any atom is 0.367 e. The van der Waals surface area contributed by atoms with Gasteiger partial charge in [-0.25, -0.2) is 4.79 Å². The van der Waals surface area contributed by atoms with Crippen molar-refractivity contribution in [2.75, 3.05) is 0 Å². The van der Waals surface area contributed by atoms with Crippen molar-refractivity contribution in [3.8, 4) is 0 Å². The number of nitrogens with one attached hydrogen (secondary N) is 1. The van der Waals surface area contributed by atoms with E-state index in [0.29, 0.717) is 5.65 Å². The lowest BCUT2D eigenvalue weighted by Gasteiger charge is -1.94. The van der Waals surface area contributed by atoms with Crippen molar-refractivity contribution in [3.63, 3.8) is 0 Å². The molecule has 0 atom stereocenters. The second-order valence-electron chi connectivity index (χ2n) is 3.41. The SMILES string of the molecule is Cn1c(=O)nnc2c3ccccc3[nH]c21. The Hall–Kier alpha value is -2.17. The summed E-state index contributed by atoms with van der Waals surface area (Å²) < 4.78 is 1.46. The molecule has 0 unspecified atom stereocenters. The number of H-pyrrole nitrogens is 1. The Bertz CT molecular complexity index is 710. The van der Waals surface area contributed by atoms with Gasteiger partial charge in [0.2, 0.25) is 0 Å². The van der Waals surface area contributed by atoms with E-state index in [2.05, 4.69) is 15.2 Å². The van der Waals surface area contributed by atoms with Gasteiger partial charge >= 0.3 is 5.69 Å². The van der Waals surface area contributed by atoms with Crippen LogP contribution in [0.15, 0.2) is 29.1 Å². The summed E-state index contributed by atoms with van der Waals surface area (Å²) in [4.78, 5) is 14.4. The summed E-state index contributed by atoms with van der Waals surface area (Å²) in [5.41, 5.74) is 2.04. The molecule has 0 aliphatic rings. The van der Waals surface area contributed by atoms with Crippen molar-refractivity contribution in [2.45, 2.75) is 0 Å². The smallest absolute Gasteiger partial charge is 0.339 e. The van der Waals surface area contributed by atoms with Gasteiger partial charge in [-0.2, -0.15) is 0 Å². The van der Waals surface area contributed by atoms with Crippen molar-refractivity contribution < 1.29 is 0 Å². The first-order chi connectivity index (χ1) is 7.27. The Labute approximate surface area is 84.4 Å². The Kier molecular flexibility index (Phi) is 1.45. The van der Waals surface area contributed by atoms with Crippen molar-refractivity contribution in [1.82, 2.24) is 19.7 Å². The standard InChI is InChI=1S/C10H8N4O/c1-14-9-8(12-13-10(14)15)6-4-2-3-5-7(6)11-9/h2-5,11H,1H3. The number of aromatic amines is 1. The van der Waals surface area contributed by atoms with Crippen LogP contribution in [0.3, 0.4) is 0 Å². The summed E-state index contributed by atoms with van der Waals surface area (Å²) in [5, 5.41) is 8.46. The molecular formula is C10H8N4O. The Balaban J connectivity index is 2.66. The summed E-state index contributed by atoms with van der Waals surface area (Å²) in [7, 11) is 1.68. The highest BCUT2D eigenvalue weighted by molar-refractivity contribution is 6.03. The predicted molar refractivity (Wildman–Crippen MR) is 56.6 cm³/mol. The van der Waals surface area contributed by atoms with E-state index in [1.165, 1.54) is 4.57 Å². The molecule has 0 spiro atoms. The van der Waals surface area contributed by atoms with Gasteiger partial charge in [0.25, 0.3) is 0 Å². The minimum atomic E-state index is -0.353. The molecule has 15 heavy (non-hydrogen) atoms. The average Bonchev–Trinajstić information content (AvgIpc) is 2.63. The molecule has 0 radical (unpaired) electrons. The quantitative estimate of drug-likeness (QED) is 0.584. The van der Waals surface area contributed by atoms with Crippen molar-refractivity contribution in [2.24, 2.45) is 7.05 Å². The van der Waals surface area contributed by atoms with Gasteiger partial charge in [-0.3, -0.25) is 4.57 Å². The molecule has 0 bridgehead atoms. The topological polar surface area (TPSA) is 63.6 Å². The maximum absolute atomic E-state index is 11.3. The number of benzene rings is 1. The first-order valence-electron chi connectivity index (χ1n) is 4.57. The van der Waals surface area contributed by atoms with Gasteiger partial charge in [0.05, 0.1) is 0 Å². The molecule has 3 rings (SSSR count). The van der Waals surface area contributed by atoms with Crippen LogP contribution in [0.25, 0.3) is 22.1 Å². The van der Waals surface area contributed by atoms with Crippen LogP contribution in [0.2, 0.25) is 0 Å². The van der Waals surface area contributed by atoms with E-state index in [1.807, 2.05) is 24.3 Å². The summed E-state index contributed by atoms with van der Waals surface area (Å²) in [6.45, 7) is 0. The number of hydrogen-bond acceptors (Lipinski definition) is 3. The van der Waals surface area contributed by atoms with E-state index in [-0.39, 0.29) is 5.69 Å². The minimum absolute atomic E-state index is 0.353. The Morgan fingerprint density at radius 2 is 2.07 bits per heavy atom. The van der Waals surface area contributed by atoms with E-state index in [4.69, 9.17) is 0 Å². The summed E-state index contributed by atoms with van der Waals surface area (Å²) in [6.07, 6.45) is 0. The number of aromatic nitrogens is 4. The van der Waals surface area contributed by atoms with E-state index in [9.17, 15) is 4.79 Å². The van der Waals surface area contributed by atoms with Crippen molar-refractivity contribution >= 4 is 22.1 Å². The molecule has 0 aliphatic carbocycles. The lowest BCUT2D eigenvalue weighted by atomic mass is 10.2. The van der Waals surface area contributed by atoms with E-state index < -0.39 is 0 Å². The molecule has 1 aromatic carbocycles. The van der Waals surface area contributed by atoms with Gasteiger partial charge in [0, 0.05) is 18.0 Å². The van der Waals surface area contributed by atoms with Crippen LogP contribution in [-0.4, -0.2) is 19.7 Å². The molecule has 5 nitrogen and oxygen atoms in total. The first-order valence-corrected chi connectivity index (χ1v) is 4.57. The molecule has 2 aromatic heterocycles. The third kappa shape index (κ3) is 0.999. The van der Waals surface area contributed by atoms with Crippen LogP contribution < -0.4 is 5.69 Å². The van der Waals surface area contributed by atoms with Crippen LogP contribution >= 0.6 is 0 Å². The molecule has 74 valence electrons. The number of hydrogen-bond donors (Lipinski definition) is 1. The van der Waals surface area contributed by atoms with Gasteiger partial charge in [0.1, 0.15) is 11.2 Å². The fourth-order valence-corrected chi connectivity index (χ4v) is 1.71. The molecule has 1 N–H and O–H groups in total. The first kappa shape index (κ1) is 8.16. The highest BCUT2D eigenvalue weighted by atomic mass is 16.1. The molecule has 0 amide bonds. The third-order valence-electron chi connectivity index (χ3n) is 2.52. The number of rotatable bonds is 0. The number of para-hydroxylation sites is 1. The van der Waals surface area contributed by atoms with Crippen LogP contribution in [0.4, 0.5) is 0 Å². The second-order valence-corrected chi connectivity index (χ2v) is 3.41. The van der Waals surface area contributed by atoms with Gasteiger partial charge in [-0.05, 0) is 6.07 Å². The normalized spacial score (nSPS) is 11.3. The molecule has 0 aliphatic heterocycles. The van der Waals surface area contributed by atoms with Crippen molar-refractivity contribution in [3.05, 3.63) is 34.7 Å². The summed E-state index contributed by atoms with van der Waals surface area (Å²) in [5.74, 6) is 0. The molecule has 0 saturated carbocycles. The van der Waals surface area contributed by atoms with Crippen molar-refractivity contribution in [1.29, 1.82) is 0 Å². The Morgan fingerprint density at radius 1 is 1.27 bits per heavy atom. The number of aryl methyl sites for hydroxylation is 1. The monoisotopic (exact) mass is 200 g/mol. The fraction of sp³-hybridized carbons (Fsp3) is 0.100. The predicted octanol–water partition coefficient (Wildman–Crippen LogP) is 0.810. The Morgan fingerprint density at radius 3 is 2.93 bits per heavy atom. The summed E-state index contributed by atoms with van der Waals surface area (Å²) >= 11 is 0. The fourth-order valence-electron chi connectivity index (χ4n) is 1.71. The average molecular weight is 200 g/mol. The lowest BCUT2D eigenvalue weighted by molar-refractivity contribution is 0.798. The van der Waals surface area contributed by atoms with Crippen LogP contribution in [0.5, 0.6) is 0 Å². The zero-order chi connectivity index (χ0) is 10.4. The van der Waals surface area contributed by atoms with E-state index in [0.717, 1.165) is 16.4 Å². The lowest BCUT2D eigenvalue weighted by Crippen LogP contribution is -2.21. The maximum atomic E-state index is 11.3. The minimum Gasteiger partial charge on any atom is -0.339 e. The van der Waals surface area contributed by atoms with E-state index >= 15 is 0 Å². The molecular weight excluding hydrogens is 192 g/mol. The zero-order valence-corrected chi connectivity index (χ0v) is 8.06. The van der Waals surface area contributed by atoms with Gasteiger partial charge < -0.3 is 4.98 Å². The largest absolute Gasteiger partial charge is 0.367 e.